The standard InChI is InChI=1S/C20H21N3S.2ClH.H2O/c1-3-7-16(8-4-1)19(17-9-5-2-6-10-17)18-15-24-20(22-18)23-13-11-21-12-14-23;;;/h1-10,15,19,21H,11-14H2;2*1H;1H2. The van der Waals surface area contributed by atoms with Crippen LogP contribution in [0.3, 0.4) is 0 Å². The van der Waals surface area contributed by atoms with Gasteiger partial charge in [-0.25, -0.2) is 4.98 Å². The Morgan fingerprint density at radius 3 is 1.89 bits per heavy atom. The van der Waals surface area contributed by atoms with E-state index >= 15 is 0 Å². The number of halogens is 2. The summed E-state index contributed by atoms with van der Waals surface area (Å²) in [4.78, 5) is 7.39. The van der Waals surface area contributed by atoms with Gasteiger partial charge in [0.25, 0.3) is 0 Å². The zero-order valence-electron chi connectivity index (χ0n) is 14.9. The summed E-state index contributed by atoms with van der Waals surface area (Å²) in [5, 5.41) is 6.77. The van der Waals surface area contributed by atoms with Crippen molar-refractivity contribution in [1.29, 1.82) is 0 Å². The van der Waals surface area contributed by atoms with Crippen molar-refractivity contribution < 1.29 is 5.48 Å². The first-order chi connectivity index (χ1) is 11.9. The molecule has 0 spiro atoms. The summed E-state index contributed by atoms with van der Waals surface area (Å²) in [6, 6.07) is 21.3. The molecule has 0 unspecified atom stereocenters. The number of hydrogen-bond donors (Lipinski definition) is 1. The van der Waals surface area contributed by atoms with E-state index in [1.165, 1.54) is 11.1 Å². The summed E-state index contributed by atoms with van der Waals surface area (Å²) < 4.78 is 0. The van der Waals surface area contributed by atoms with Crippen LogP contribution in [0.1, 0.15) is 22.7 Å². The van der Waals surface area contributed by atoms with Crippen LogP contribution in [0.5, 0.6) is 0 Å². The predicted octanol–water partition coefficient (Wildman–Crippen LogP) is 3.75. The molecule has 1 aliphatic heterocycles. The molecule has 2 heterocycles. The highest BCUT2D eigenvalue weighted by molar-refractivity contribution is 7.13. The minimum atomic E-state index is 0. The summed E-state index contributed by atoms with van der Waals surface area (Å²) >= 11 is 1.76. The Labute approximate surface area is 176 Å². The Kier molecular flexibility index (Phi) is 9.77. The molecule has 4 rings (SSSR count). The number of benzene rings is 2. The third kappa shape index (κ3) is 5.43. The zero-order valence-corrected chi connectivity index (χ0v) is 17.3. The Morgan fingerprint density at radius 2 is 1.37 bits per heavy atom. The van der Waals surface area contributed by atoms with Crippen LogP contribution >= 0.6 is 36.2 Å². The molecule has 3 N–H and O–H groups in total. The number of thiazole rings is 1. The van der Waals surface area contributed by atoms with Gasteiger partial charge in [-0.1, -0.05) is 60.7 Å². The van der Waals surface area contributed by atoms with Crippen LogP contribution in [0.15, 0.2) is 66.0 Å². The summed E-state index contributed by atoms with van der Waals surface area (Å²) in [7, 11) is 0. The third-order valence-corrected chi connectivity index (χ3v) is 5.38. The van der Waals surface area contributed by atoms with Crippen molar-refractivity contribution in [2.24, 2.45) is 0 Å². The van der Waals surface area contributed by atoms with Crippen LogP contribution in [0.2, 0.25) is 0 Å². The quantitative estimate of drug-likeness (QED) is 0.691. The zero-order chi connectivity index (χ0) is 16.2. The van der Waals surface area contributed by atoms with Gasteiger partial charge in [-0.3, -0.25) is 0 Å². The van der Waals surface area contributed by atoms with E-state index in [-0.39, 0.29) is 36.2 Å². The smallest absolute Gasteiger partial charge is 0.185 e. The largest absolute Gasteiger partial charge is 0.412 e. The average Bonchev–Trinajstić information content (AvgIpc) is 3.14. The van der Waals surface area contributed by atoms with E-state index in [0.29, 0.717) is 0 Å². The van der Waals surface area contributed by atoms with Gasteiger partial charge in [0.1, 0.15) is 0 Å². The highest BCUT2D eigenvalue weighted by Crippen LogP contribution is 2.34. The Bertz CT molecular complexity index is 741. The lowest BCUT2D eigenvalue weighted by Crippen LogP contribution is -2.43. The summed E-state index contributed by atoms with van der Waals surface area (Å²) in [6.45, 7) is 4.15. The molecule has 1 saturated heterocycles. The Hall–Kier alpha value is -1.63. The molecule has 0 bridgehead atoms. The van der Waals surface area contributed by atoms with Gasteiger partial charge in [-0.2, -0.15) is 0 Å². The second kappa shape index (κ2) is 11.3. The molecule has 3 aromatic rings. The van der Waals surface area contributed by atoms with Crippen molar-refractivity contribution in [1.82, 2.24) is 10.3 Å². The van der Waals surface area contributed by atoms with Gasteiger partial charge >= 0.3 is 0 Å². The van der Waals surface area contributed by atoms with Crippen LogP contribution < -0.4 is 10.2 Å². The van der Waals surface area contributed by atoms with Gasteiger partial charge in [0.05, 0.1) is 11.6 Å². The number of aromatic nitrogens is 1. The molecular formula is C20H25Cl2N3OS. The molecule has 0 radical (unpaired) electrons. The lowest BCUT2D eigenvalue weighted by molar-refractivity contribution is 0.587. The van der Waals surface area contributed by atoms with Gasteiger partial charge in [-0.15, -0.1) is 36.2 Å². The molecule has 1 fully saturated rings. The molecule has 1 aromatic heterocycles. The molecule has 146 valence electrons. The Balaban J connectivity index is 0.00000121. The van der Waals surface area contributed by atoms with E-state index in [4.69, 9.17) is 4.98 Å². The number of nitrogens with zero attached hydrogens (tertiary/aromatic N) is 2. The van der Waals surface area contributed by atoms with Crippen LogP contribution in [0.4, 0.5) is 5.13 Å². The van der Waals surface area contributed by atoms with Crippen LogP contribution in [-0.4, -0.2) is 36.6 Å². The van der Waals surface area contributed by atoms with Crippen molar-refractivity contribution >= 4 is 41.3 Å². The molecule has 0 atom stereocenters. The fourth-order valence-electron chi connectivity index (χ4n) is 3.24. The minimum Gasteiger partial charge on any atom is -0.412 e. The monoisotopic (exact) mass is 425 g/mol. The van der Waals surface area contributed by atoms with Gasteiger partial charge in [-0.05, 0) is 11.1 Å². The lowest BCUT2D eigenvalue weighted by Gasteiger charge is -2.26. The first-order valence-electron chi connectivity index (χ1n) is 8.43. The normalized spacial score (nSPS) is 13.3. The number of anilines is 1. The number of nitrogens with one attached hydrogen (secondary N) is 1. The maximum atomic E-state index is 5.00. The Morgan fingerprint density at radius 1 is 0.852 bits per heavy atom. The first-order valence-corrected chi connectivity index (χ1v) is 9.31. The van der Waals surface area contributed by atoms with E-state index in [1.54, 1.807) is 11.3 Å². The molecule has 0 saturated carbocycles. The highest BCUT2D eigenvalue weighted by atomic mass is 35.5. The number of rotatable bonds is 4. The summed E-state index contributed by atoms with van der Waals surface area (Å²) in [5.74, 6) is 0.195. The molecule has 0 aliphatic carbocycles. The fourth-order valence-corrected chi connectivity index (χ4v) is 4.14. The molecule has 2 aromatic carbocycles. The molecule has 0 amide bonds. The SMILES string of the molecule is Cl.Cl.O.c1ccc(C(c2ccccc2)c2csc(N3CCNCC3)n2)cc1. The van der Waals surface area contributed by atoms with E-state index in [9.17, 15) is 0 Å². The summed E-state index contributed by atoms with van der Waals surface area (Å²) in [6.07, 6.45) is 0. The topological polar surface area (TPSA) is 59.7 Å². The molecular weight excluding hydrogens is 401 g/mol. The molecule has 4 nitrogen and oxygen atoms in total. The van der Waals surface area contributed by atoms with Crippen molar-refractivity contribution in [3.05, 3.63) is 82.9 Å². The molecule has 7 heteroatoms. The lowest BCUT2D eigenvalue weighted by atomic mass is 9.89. The van der Waals surface area contributed by atoms with Crippen molar-refractivity contribution in [3.8, 4) is 0 Å². The number of piperazine rings is 1. The second-order valence-electron chi connectivity index (χ2n) is 6.05. The highest BCUT2D eigenvalue weighted by Gasteiger charge is 2.21. The van der Waals surface area contributed by atoms with E-state index in [1.807, 2.05) is 0 Å². The third-order valence-electron chi connectivity index (χ3n) is 4.46. The van der Waals surface area contributed by atoms with Crippen LogP contribution in [0, 0.1) is 0 Å². The van der Waals surface area contributed by atoms with Crippen LogP contribution in [0.25, 0.3) is 0 Å². The maximum Gasteiger partial charge on any atom is 0.185 e. The number of hydrogen-bond acceptors (Lipinski definition) is 4. The van der Waals surface area contributed by atoms with Gasteiger partial charge in [0, 0.05) is 31.6 Å². The summed E-state index contributed by atoms with van der Waals surface area (Å²) in [5.41, 5.74) is 3.73. The fraction of sp³-hybridized carbons (Fsp3) is 0.250. The van der Waals surface area contributed by atoms with Crippen molar-refractivity contribution in [2.45, 2.75) is 5.92 Å². The molecule has 1 aliphatic rings. The van der Waals surface area contributed by atoms with E-state index < -0.39 is 0 Å². The minimum absolute atomic E-state index is 0. The average molecular weight is 426 g/mol. The van der Waals surface area contributed by atoms with E-state index in [2.05, 4.69) is 76.3 Å². The van der Waals surface area contributed by atoms with Gasteiger partial charge in [0.2, 0.25) is 0 Å². The molecule has 27 heavy (non-hydrogen) atoms. The van der Waals surface area contributed by atoms with Gasteiger partial charge < -0.3 is 15.7 Å². The predicted molar refractivity (Wildman–Crippen MR) is 119 cm³/mol. The maximum absolute atomic E-state index is 5.00. The second-order valence-corrected chi connectivity index (χ2v) is 6.88. The van der Waals surface area contributed by atoms with Crippen LogP contribution in [-0.2, 0) is 0 Å². The first kappa shape index (κ1) is 23.4. The van der Waals surface area contributed by atoms with E-state index in [0.717, 1.165) is 37.0 Å². The van der Waals surface area contributed by atoms with Crippen molar-refractivity contribution in [2.75, 3.05) is 31.1 Å². The van der Waals surface area contributed by atoms with Gasteiger partial charge in [0.15, 0.2) is 5.13 Å². The van der Waals surface area contributed by atoms with Crippen molar-refractivity contribution in [3.63, 3.8) is 0 Å².